The highest BCUT2D eigenvalue weighted by atomic mass is 16.5. The molecular weight excluding hydrogens is 326 g/mol. The molecule has 0 atom stereocenters. The van der Waals surface area contributed by atoms with Crippen molar-refractivity contribution in [1.82, 2.24) is 10.4 Å². The van der Waals surface area contributed by atoms with E-state index in [1.54, 1.807) is 30.7 Å². The minimum absolute atomic E-state index is 0.262. The number of carbonyl (C=O) groups is 1. The minimum atomic E-state index is -0.262. The predicted octanol–water partition coefficient (Wildman–Crippen LogP) is 4.58. The first kappa shape index (κ1) is 19.6. The molecule has 0 aliphatic rings. The number of pyridine rings is 1. The average Bonchev–Trinajstić information content (AvgIpc) is 2.69. The summed E-state index contributed by atoms with van der Waals surface area (Å²) < 4.78 is 5.75. The zero-order valence-electron chi connectivity index (χ0n) is 15.4. The molecule has 0 aliphatic heterocycles. The fraction of sp³-hybridized carbons (Fsp3) is 0.381. The van der Waals surface area contributed by atoms with Crippen LogP contribution in [-0.4, -0.2) is 23.7 Å². The maximum Gasteiger partial charge on any atom is 0.271 e. The van der Waals surface area contributed by atoms with E-state index in [1.165, 1.54) is 32.1 Å². The maximum atomic E-state index is 11.8. The molecule has 1 aromatic heterocycles. The first-order valence-corrected chi connectivity index (χ1v) is 9.26. The van der Waals surface area contributed by atoms with Crippen LogP contribution in [0.15, 0.2) is 53.9 Å². The van der Waals surface area contributed by atoms with Crippen molar-refractivity contribution in [3.05, 3.63) is 59.9 Å². The number of ether oxygens (including phenoxy) is 1. The van der Waals surface area contributed by atoms with Crippen molar-refractivity contribution < 1.29 is 9.53 Å². The van der Waals surface area contributed by atoms with Crippen LogP contribution < -0.4 is 10.2 Å². The highest BCUT2D eigenvalue weighted by Gasteiger charge is 2.02. The Hall–Kier alpha value is -2.69. The molecule has 0 spiro atoms. The Kier molecular flexibility index (Phi) is 8.90. The molecule has 5 nitrogen and oxygen atoms in total. The van der Waals surface area contributed by atoms with E-state index in [0.717, 1.165) is 24.3 Å². The van der Waals surface area contributed by atoms with Crippen molar-refractivity contribution in [2.24, 2.45) is 5.10 Å². The molecule has 1 amide bonds. The van der Waals surface area contributed by atoms with Crippen molar-refractivity contribution >= 4 is 12.1 Å². The van der Waals surface area contributed by atoms with E-state index >= 15 is 0 Å². The quantitative estimate of drug-likeness (QED) is 0.365. The number of nitrogens with one attached hydrogen (secondary N) is 1. The number of aromatic nitrogens is 1. The molecule has 1 aromatic carbocycles. The molecule has 2 rings (SSSR count). The van der Waals surface area contributed by atoms with Crippen LogP contribution in [-0.2, 0) is 0 Å². The third kappa shape index (κ3) is 7.47. The van der Waals surface area contributed by atoms with Crippen LogP contribution in [0.5, 0.6) is 5.75 Å². The topological polar surface area (TPSA) is 63.6 Å². The molecule has 0 fully saturated rings. The van der Waals surface area contributed by atoms with Gasteiger partial charge >= 0.3 is 0 Å². The van der Waals surface area contributed by atoms with E-state index in [9.17, 15) is 4.79 Å². The van der Waals surface area contributed by atoms with E-state index in [2.05, 4.69) is 22.4 Å². The second kappa shape index (κ2) is 11.8. The summed E-state index contributed by atoms with van der Waals surface area (Å²) in [5.41, 5.74) is 3.92. The van der Waals surface area contributed by atoms with Crippen molar-refractivity contribution in [3.63, 3.8) is 0 Å². The van der Waals surface area contributed by atoms with Gasteiger partial charge in [-0.3, -0.25) is 9.78 Å². The molecular formula is C21H27N3O2. The normalized spacial score (nSPS) is 10.8. The van der Waals surface area contributed by atoms with Gasteiger partial charge in [0, 0.05) is 18.0 Å². The van der Waals surface area contributed by atoms with Crippen molar-refractivity contribution in [2.45, 2.75) is 45.4 Å². The minimum Gasteiger partial charge on any atom is -0.494 e. The lowest BCUT2D eigenvalue weighted by atomic mass is 10.1. The van der Waals surface area contributed by atoms with Gasteiger partial charge in [0.2, 0.25) is 0 Å². The first-order chi connectivity index (χ1) is 12.8. The van der Waals surface area contributed by atoms with E-state index in [1.807, 2.05) is 24.3 Å². The summed E-state index contributed by atoms with van der Waals surface area (Å²) in [5, 5.41) is 3.97. The summed E-state index contributed by atoms with van der Waals surface area (Å²) >= 11 is 0. The van der Waals surface area contributed by atoms with Gasteiger partial charge in [0.25, 0.3) is 5.91 Å². The highest BCUT2D eigenvalue weighted by Crippen LogP contribution is 2.12. The molecule has 138 valence electrons. The molecule has 0 radical (unpaired) electrons. The summed E-state index contributed by atoms with van der Waals surface area (Å²) in [5.74, 6) is 0.596. The zero-order valence-corrected chi connectivity index (χ0v) is 15.4. The Morgan fingerprint density at radius 3 is 2.46 bits per heavy atom. The maximum absolute atomic E-state index is 11.8. The summed E-state index contributed by atoms with van der Waals surface area (Å²) in [7, 11) is 0. The van der Waals surface area contributed by atoms with E-state index in [4.69, 9.17) is 4.74 Å². The summed E-state index contributed by atoms with van der Waals surface area (Å²) in [6.45, 7) is 2.98. The molecule has 2 aromatic rings. The Bertz CT molecular complexity index is 669. The van der Waals surface area contributed by atoms with Crippen molar-refractivity contribution in [1.29, 1.82) is 0 Å². The first-order valence-electron chi connectivity index (χ1n) is 9.26. The monoisotopic (exact) mass is 353 g/mol. The summed E-state index contributed by atoms with van der Waals surface area (Å²) in [6.07, 6.45) is 12.3. The molecule has 5 heteroatoms. The molecule has 0 saturated heterocycles. The van der Waals surface area contributed by atoms with Crippen LogP contribution in [0.3, 0.4) is 0 Å². The lowest BCUT2D eigenvalue weighted by Crippen LogP contribution is -2.17. The van der Waals surface area contributed by atoms with Crippen molar-refractivity contribution in [3.8, 4) is 5.75 Å². The van der Waals surface area contributed by atoms with Gasteiger partial charge in [-0.05, 0) is 48.4 Å². The predicted molar refractivity (Wildman–Crippen MR) is 105 cm³/mol. The van der Waals surface area contributed by atoms with Gasteiger partial charge in [-0.1, -0.05) is 39.0 Å². The molecule has 0 aliphatic carbocycles. The number of nitrogens with zero attached hydrogens (tertiary/aromatic N) is 2. The van der Waals surface area contributed by atoms with E-state index < -0.39 is 0 Å². The average molecular weight is 353 g/mol. The Morgan fingerprint density at radius 1 is 1.04 bits per heavy atom. The van der Waals surface area contributed by atoms with E-state index in [0.29, 0.717) is 5.56 Å². The summed E-state index contributed by atoms with van der Waals surface area (Å²) in [4.78, 5) is 15.7. The van der Waals surface area contributed by atoms with Gasteiger partial charge in [0.15, 0.2) is 0 Å². The fourth-order valence-corrected chi connectivity index (χ4v) is 2.46. The smallest absolute Gasteiger partial charge is 0.271 e. The van der Waals surface area contributed by atoms with Crippen LogP contribution in [0.2, 0.25) is 0 Å². The molecule has 0 unspecified atom stereocenters. The molecule has 1 heterocycles. The number of carbonyl (C=O) groups excluding carboxylic acids is 1. The highest BCUT2D eigenvalue weighted by molar-refractivity contribution is 5.94. The van der Waals surface area contributed by atoms with Crippen LogP contribution >= 0.6 is 0 Å². The van der Waals surface area contributed by atoms with Crippen LogP contribution in [0.1, 0.15) is 61.4 Å². The Labute approximate surface area is 155 Å². The van der Waals surface area contributed by atoms with Gasteiger partial charge in [0.1, 0.15) is 5.75 Å². The third-order valence-electron chi connectivity index (χ3n) is 3.97. The lowest BCUT2D eigenvalue weighted by Gasteiger charge is -2.06. The zero-order chi connectivity index (χ0) is 18.5. The Morgan fingerprint density at radius 2 is 1.73 bits per heavy atom. The molecule has 26 heavy (non-hydrogen) atoms. The molecule has 1 N–H and O–H groups in total. The summed E-state index contributed by atoms with van der Waals surface area (Å²) in [6, 6.07) is 10.9. The molecule has 0 saturated carbocycles. The van der Waals surface area contributed by atoms with Gasteiger partial charge in [-0.2, -0.15) is 5.10 Å². The van der Waals surface area contributed by atoms with Gasteiger partial charge in [-0.15, -0.1) is 0 Å². The van der Waals surface area contributed by atoms with E-state index in [-0.39, 0.29) is 5.91 Å². The van der Waals surface area contributed by atoms with Crippen LogP contribution in [0.4, 0.5) is 0 Å². The van der Waals surface area contributed by atoms with Gasteiger partial charge in [0.05, 0.1) is 12.8 Å². The van der Waals surface area contributed by atoms with Crippen molar-refractivity contribution in [2.75, 3.05) is 6.61 Å². The fourth-order valence-electron chi connectivity index (χ4n) is 2.46. The number of hydrogen-bond acceptors (Lipinski definition) is 4. The van der Waals surface area contributed by atoms with Gasteiger partial charge in [-0.25, -0.2) is 5.43 Å². The number of hydrazone groups is 1. The number of hydrogen-bond donors (Lipinski definition) is 1. The number of unbranched alkanes of at least 4 members (excludes halogenated alkanes) is 5. The second-order valence-corrected chi connectivity index (χ2v) is 6.12. The largest absolute Gasteiger partial charge is 0.494 e. The molecule has 0 bridgehead atoms. The number of benzene rings is 1. The second-order valence-electron chi connectivity index (χ2n) is 6.12. The number of amides is 1. The van der Waals surface area contributed by atoms with Crippen LogP contribution in [0.25, 0.3) is 0 Å². The lowest BCUT2D eigenvalue weighted by molar-refractivity contribution is 0.0955. The Balaban J connectivity index is 1.67. The number of rotatable bonds is 11. The SMILES string of the molecule is CCCCCCCCOc1ccc(/C=N\NC(=O)c2ccncc2)cc1. The van der Waals surface area contributed by atoms with Crippen LogP contribution in [0, 0.1) is 0 Å². The standard InChI is InChI=1S/C21H27N3O2/c1-2-3-4-5-6-7-16-26-20-10-8-18(9-11-20)17-23-24-21(25)19-12-14-22-15-13-19/h8-15,17H,2-7,16H2,1H3,(H,24,25)/b23-17-. The third-order valence-corrected chi connectivity index (χ3v) is 3.97. The van der Waals surface area contributed by atoms with Gasteiger partial charge < -0.3 is 4.74 Å².